The van der Waals surface area contributed by atoms with Crippen LogP contribution >= 0.6 is 0 Å². The molecule has 0 spiro atoms. The van der Waals surface area contributed by atoms with Crippen molar-refractivity contribution in [3.63, 3.8) is 0 Å². The van der Waals surface area contributed by atoms with Gasteiger partial charge in [0.1, 0.15) is 0 Å². The topological polar surface area (TPSA) is 41.1 Å². The van der Waals surface area contributed by atoms with Gasteiger partial charge in [-0.05, 0) is 33.2 Å². The van der Waals surface area contributed by atoms with E-state index in [9.17, 15) is 4.79 Å². The molecule has 3 nitrogen and oxygen atoms in total. The van der Waals surface area contributed by atoms with Gasteiger partial charge < -0.3 is 10.6 Å². The van der Waals surface area contributed by atoms with Gasteiger partial charge in [-0.2, -0.15) is 0 Å². The van der Waals surface area contributed by atoms with Crippen molar-refractivity contribution in [2.45, 2.75) is 37.8 Å². The molecule has 0 radical (unpaired) electrons. The van der Waals surface area contributed by atoms with Crippen molar-refractivity contribution >= 4 is 5.91 Å². The summed E-state index contributed by atoms with van der Waals surface area (Å²) in [5, 5.41) is 5.85. The summed E-state index contributed by atoms with van der Waals surface area (Å²) >= 11 is 0. The van der Waals surface area contributed by atoms with Gasteiger partial charge in [-0.3, -0.25) is 4.79 Å². The van der Waals surface area contributed by atoms with Gasteiger partial charge in [-0.15, -0.1) is 6.42 Å². The molecule has 0 aromatic heterocycles. The first kappa shape index (κ1) is 10.1. The van der Waals surface area contributed by atoms with E-state index in [-0.39, 0.29) is 17.5 Å². The van der Waals surface area contributed by atoms with E-state index >= 15 is 0 Å². The highest BCUT2D eigenvalue weighted by atomic mass is 16.2. The lowest BCUT2D eigenvalue weighted by molar-refractivity contribution is -0.131. The van der Waals surface area contributed by atoms with Gasteiger partial charge in [0.2, 0.25) is 5.91 Å². The van der Waals surface area contributed by atoms with Crippen LogP contribution in [0.3, 0.4) is 0 Å². The Morgan fingerprint density at radius 2 is 2.23 bits per heavy atom. The number of carbonyl (C=O) groups excluding carboxylic acids is 1. The Hall–Kier alpha value is -1.01. The van der Waals surface area contributed by atoms with Crippen LogP contribution in [-0.4, -0.2) is 24.5 Å². The highest BCUT2D eigenvalue weighted by Gasteiger charge is 2.42. The van der Waals surface area contributed by atoms with E-state index < -0.39 is 0 Å². The lowest BCUT2D eigenvalue weighted by Crippen LogP contribution is -2.61. The first-order chi connectivity index (χ1) is 6.14. The molecule has 2 N–H and O–H groups in total. The van der Waals surface area contributed by atoms with Crippen LogP contribution < -0.4 is 10.6 Å². The van der Waals surface area contributed by atoms with E-state index in [2.05, 4.69) is 16.6 Å². The number of rotatable bonds is 3. The zero-order chi connectivity index (χ0) is 9.90. The van der Waals surface area contributed by atoms with Crippen LogP contribution in [0.5, 0.6) is 0 Å². The van der Waals surface area contributed by atoms with E-state index in [0.29, 0.717) is 0 Å². The lowest BCUT2D eigenvalue weighted by atomic mass is 9.76. The summed E-state index contributed by atoms with van der Waals surface area (Å²) in [4.78, 5) is 11.7. The average Bonchev–Trinajstić information content (AvgIpc) is 2.03. The second-order valence-corrected chi connectivity index (χ2v) is 3.55. The predicted molar refractivity (Wildman–Crippen MR) is 52.1 cm³/mol. The molecule has 1 unspecified atom stereocenters. The van der Waals surface area contributed by atoms with Gasteiger partial charge in [0.25, 0.3) is 0 Å². The van der Waals surface area contributed by atoms with Gasteiger partial charge >= 0.3 is 0 Å². The number of terminal acetylenes is 1. The van der Waals surface area contributed by atoms with E-state index in [0.717, 1.165) is 19.3 Å². The maximum Gasteiger partial charge on any atom is 0.241 e. The molecule has 1 aliphatic carbocycles. The highest BCUT2D eigenvalue weighted by Crippen LogP contribution is 2.31. The Balaban J connectivity index is 2.52. The van der Waals surface area contributed by atoms with E-state index in [4.69, 9.17) is 6.42 Å². The minimum absolute atomic E-state index is 0.0340. The molecule has 0 aromatic carbocycles. The maximum atomic E-state index is 11.7. The number of nitrogens with one attached hydrogen (secondary N) is 2. The summed E-state index contributed by atoms with van der Waals surface area (Å²) in [6, 6.07) is -0.182. The summed E-state index contributed by atoms with van der Waals surface area (Å²) in [5.41, 5.74) is -0.342. The molecule has 0 aromatic rings. The van der Waals surface area contributed by atoms with Crippen molar-refractivity contribution in [3.8, 4) is 12.3 Å². The fourth-order valence-corrected chi connectivity index (χ4v) is 1.50. The second kappa shape index (κ2) is 3.80. The van der Waals surface area contributed by atoms with Crippen molar-refractivity contribution < 1.29 is 4.79 Å². The Labute approximate surface area is 79.3 Å². The van der Waals surface area contributed by atoms with Crippen LogP contribution in [0.1, 0.15) is 26.2 Å². The van der Waals surface area contributed by atoms with Crippen LogP contribution in [0.4, 0.5) is 0 Å². The predicted octanol–water partition coefficient (Wildman–Crippen LogP) is 0.266. The van der Waals surface area contributed by atoms with Gasteiger partial charge in [0.05, 0.1) is 11.6 Å². The van der Waals surface area contributed by atoms with Gasteiger partial charge in [0.15, 0.2) is 0 Å². The fourth-order valence-electron chi connectivity index (χ4n) is 1.50. The molecule has 1 fully saturated rings. The molecule has 0 bridgehead atoms. The summed E-state index contributed by atoms with van der Waals surface area (Å²) in [6.45, 7) is 1.81. The standard InChI is InChI=1S/C10H16N2O/c1-4-8(2)12-9(13)10(11-3)6-5-7-10/h1,8,11H,5-7H2,2-3H3,(H,12,13). The molecule has 1 rings (SSSR count). The maximum absolute atomic E-state index is 11.7. The van der Waals surface area contributed by atoms with Gasteiger partial charge in [-0.1, -0.05) is 5.92 Å². The smallest absolute Gasteiger partial charge is 0.241 e. The molecular weight excluding hydrogens is 164 g/mol. The van der Waals surface area contributed by atoms with Crippen LogP contribution in [0, 0.1) is 12.3 Å². The fraction of sp³-hybridized carbons (Fsp3) is 0.700. The first-order valence-corrected chi connectivity index (χ1v) is 4.60. The third-order valence-corrected chi connectivity index (χ3v) is 2.72. The Morgan fingerprint density at radius 1 is 1.62 bits per heavy atom. The van der Waals surface area contributed by atoms with Crippen LogP contribution in [0.2, 0.25) is 0 Å². The van der Waals surface area contributed by atoms with E-state index in [1.54, 1.807) is 6.92 Å². The largest absolute Gasteiger partial charge is 0.341 e. The van der Waals surface area contributed by atoms with Crippen LogP contribution in [0.25, 0.3) is 0 Å². The quantitative estimate of drug-likeness (QED) is 0.612. The molecule has 13 heavy (non-hydrogen) atoms. The Morgan fingerprint density at radius 3 is 2.54 bits per heavy atom. The number of likely N-dealkylation sites (N-methyl/N-ethyl adjacent to an activating group) is 1. The molecule has 1 saturated carbocycles. The lowest BCUT2D eigenvalue weighted by Gasteiger charge is -2.40. The number of amides is 1. The normalized spacial score (nSPS) is 21.0. The first-order valence-electron chi connectivity index (χ1n) is 4.60. The number of hydrogen-bond donors (Lipinski definition) is 2. The molecule has 3 heteroatoms. The summed E-state index contributed by atoms with van der Waals surface area (Å²) in [6.07, 6.45) is 8.11. The molecular formula is C10H16N2O. The zero-order valence-corrected chi connectivity index (χ0v) is 8.18. The van der Waals surface area contributed by atoms with Crippen molar-refractivity contribution in [2.75, 3.05) is 7.05 Å². The Bertz CT molecular complexity index is 232. The number of hydrogen-bond acceptors (Lipinski definition) is 2. The molecule has 0 saturated heterocycles. The zero-order valence-electron chi connectivity index (χ0n) is 8.18. The third-order valence-electron chi connectivity index (χ3n) is 2.72. The molecule has 1 amide bonds. The molecule has 1 aliphatic rings. The summed E-state index contributed by atoms with van der Waals surface area (Å²) in [7, 11) is 1.82. The highest BCUT2D eigenvalue weighted by molar-refractivity contribution is 5.87. The monoisotopic (exact) mass is 180 g/mol. The minimum Gasteiger partial charge on any atom is -0.341 e. The molecule has 0 aliphatic heterocycles. The third kappa shape index (κ3) is 1.84. The van der Waals surface area contributed by atoms with Crippen molar-refractivity contribution in [1.29, 1.82) is 0 Å². The average molecular weight is 180 g/mol. The van der Waals surface area contributed by atoms with Crippen LogP contribution in [-0.2, 0) is 4.79 Å². The molecule has 0 heterocycles. The van der Waals surface area contributed by atoms with Crippen LogP contribution in [0.15, 0.2) is 0 Å². The van der Waals surface area contributed by atoms with Crippen molar-refractivity contribution in [2.24, 2.45) is 0 Å². The SMILES string of the molecule is C#CC(C)NC(=O)C1(NC)CCC1. The van der Waals surface area contributed by atoms with Gasteiger partial charge in [0, 0.05) is 0 Å². The van der Waals surface area contributed by atoms with Crippen molar-refractivity contribution in [1.82, 2.24) is 10.6 Å². The minimum atomic E-state index is -0.342. The summed E-state index contributed by atoms with van der Waals surface area (Å²) < 4.78 is 0. The second-order valence-electron chi connectivity index (χ2n) is 3.55. The number of carbonyl (C=O) groups is 1. The van der Waals surface area contributed by atoms with E-state index in [1.807, 2.05) is 7.05 Å². The van der Waals surface area contributed by atoms with Crippen molar-refractivity contribution in [3.05, 3.63) is 0 Å². The molecule has 72 valence electrons. The summed E-state index contributed by atoms with van der Waals surface area (Å²) in [5.74, 6) is 2.51. The van der Waals surface area contributed by atoms with E-state index in [1.165, 1.54) is 0 Å². The Kier molecular flexibility index (Phi) is 2.94. The molecule has 1 atom stereocenters. The van der Waals surface area contributed by atoms with Gasteiger partial charge in [-0.25, -0.2) is 0 Å².